The lowest BCUT2D eigenvalue weighted by Crippen LogP contribution is -2.56. The maximum absolute atomic E-state index is 12.4. The van der Waals surface area contributed by atoms with Gasteiger partial charge in [-0.25, -0.2) is 0 Å². The summed E-state index contributed by atoms with van der Waals surface area (Å²) in [7, 11) is 0. The summed E-state index contributed by atoms with van der Waals surface area (Å²) in [6.45, 7) is 6.70. The largest absolute Gasteiger partial charge is 0.465 e. The first-order valence-corrected chi connectivity index (χ1v) is 7.70. The molecule has 0 spiro atoms. The van der Waals surface area contributed by atoms with Crippen molar-refractivity contribution in [2.75, 3.05) is 6.61 Å². The van der Waals surface area contributed by atoms with Crippen molar-refractivity contribution in [2.24, 2.45) is 35.0 Å². The Hall–Kier alpha value is -0.570. The molecule has 19 heavy (non-hydrogen) atoms. The van der Waals surface area contributed by atoms with Gasteiger partial charge in [-0.1, -0.05) is 20.8 Å². The van der Waals surface area contributed by atoms with Crippen LogP contribution >= 0.6 is 0 Å². The Morgan fingerprint density at radius 3 is 2.53 bits per heavy atom. The van der Waals surface area contributed by atoms with Crippen LogP contribution in [0.1, 0.15) is 46.5 Å². The first-order valence-electron chi connectivity index (χ1n) is 7.70. The van der Waals surface area contributed by atoms with Crippen molar-refractivity contribution in [1.82, 2.24) is 0 Å². The number of carbonyl (C=O) groups is 1. The van der Waals surface area contributed by atoms with E-state index in [0.29, 0.717) is 18.4 Å². The molecular formula is C16H26O3. The average Bonchev–Trinajstić information content (AvgIpc) is 2.31. The summed E-state index contributed by atoms with van der Waals surface area (Å²) >= 11 is 0. The van der Waals surface area contributed by atoms with E-state index in [9.17, 15) is 9.90 Å². The van der Waals surface area contributed by atoms with E-state index in [0.717, 1.165) is 18.8 Å². The summed E-state index contributed by atoms with van der Waals surface area (Å²) in [6, 6.07) is 0. The molecule has 108 valence electrons. The number of hydrogen-bond acceptors (Lipinski definition) is 3. The molecule has 0 radical (unpaired) electrons. The van der Waals surface area contributed by atoms with Crippen LogP contribution in [0, 0.1) is 35.0 Å². The Bertz CT molecular complexity index is 371. The Kier molecular flexibility index (Phi) is 3.16. The zero-order valence-electron chi connectivity index (χ0n) is 12.3. The second kappa shape index (κ2) is 4.47. The van der Waals surface area contributed by atoms with Crippen LogP contribution in [0.2, 0.25) is 0 Å². The number of ether oxygens (including phenoxy) is 1. The van der Waals surface area contributed by atoms with Crippen LogP contribution in [0.3, 0.4) is 0 Å². The van der Waals surface area contributed by atoms with Crippen LogP contribution in [0.25, 0.3) is 0 Å². The molecule has 1 N–H and O–H groups in total. The molecule has 4 aliphatic carbocycles. The molecule has 6 atom stereocenters. The number of esters is 1. The van der Waals surface area contributed by atoms with E-state index in [4.69, 9.17) is 4.74 Å². The molecule has 4 saturated carbocycles. The SMILES string of the molecule is CC(C)(C)COC(=O)C1C2CC3CC(C2)C(O)C1C3. The normalized spacial score (nSPS) is 44.4. The van der Waals surface area contributed by atoms with Crippen molar-refractivity contribution in [3.63, 3.8) is 0 Å². The van der Waals surface area contributed by atoms with Crippen molar-refractivity contribution in [1.29, 1.82) is 0 Å². The molecule has 3 nitrogen and oxygen atoms in total. The van der Waals surface area contributed by atoms with E-state index in [1.54, 1.807) is 0 Å². The minimum atomic E-state index is -0.264. The molecule has 0 aliphatic heterocycles. The van der Waals surface area contributed by atoms with Crippen LogP contribution in [0.4, 0.5) is 0 Å². The summed E-state index contributed by atoms with van der Waals surface area (Å²) in [5.41, 5.74) is 0.0141. The maximum atomic E-state index is 12.4. The fraction of sp³-hybridized carbons (Fsp3) is 0.938. The number of hydrogen-bond donors (Lipinski definition) is 1. The highest BCUT2D eigenvalue weighted by atomic mass is 16.5. The van der Waals surface area contributed by atoms with Gasteiger partial charge in [0.25, 0.3) is 0 Å². The van der Waals surface area contributed by atoms with E-state index in [1.807, 2.05) is 0 Å². The topological polar surface area (TPSA) is 46.5 Å². The van der Waals surface area contributed by atoms with Crippen molar-refractivity contribution in [3.05, 3.63) is 0 Å². The molecular weight excluding hydrogens is 240 g/mol. The highest BCUT2D eigenvalue weighted by Crippen LogP contribution is 2.56. The van der Waals surface area contributed by atoms with Crippen LogP contribution in [0.15, 0.2) is 0 Å². The lowest BCUT2D eigenvalue weighted by Gasteiger charge is -2.55. The van der Waals surface area contributed by atoms with E-state index >= 15 is 0 Å². The summed E-state index contributed by atoms with van der Waals surface area (Å²) in [5, 5.41) is 10.4. The minimum Gasteiger partial charge on any atom is -0.465 e. The van der Waals surface area contributed by atoms with Gasteiger partial charge in [-0.2, -0.15) is 0 Å². The smallest absolute Gasteiger partial charge is 0.309 e. The van der Waals surface area contributed by atoms with Gasteiger partial charge < -0.3 is 9.84 Å². The molecule has 4 fully saturated rings. The predicted molar refractivity (Wildman–Crippen MR) is 72.3 cm³/mol. The van der Waals surface area contributed by atoms with E-state index in [-0.39, 0.29) is 29.3 Å². The van der Waals surface area contributed by atoms with Crippen LogP contribution in [-0.4, -0.2) is 23.8 Å². The average molecular weight is 266 g/mol. The van der Waals surface area contributed by atoms with E-state index < -0.39 is 0 Å². The second-order valence-electron chi connectivity index (χ2n) is 8.18. The lowest BCUT2D eigenvalue weighted by atomic mass is 9.50. The number of aliphatic hydroxyl groups excluding tert-OH is 1. The molecule has 4 bridgehead atoms. The van der Waals surface area contributed by atoms with Crippen LogP contribution < -0.4 is 0 Å². The number of aliphatic hydroxyl groups is 1. The minimum absolute atomic E-state index is 0.0141. The fourth-order valence-electron chi connectivity index (χ4n) is 4.63. The van der Waals surface area contributed by atoms with Gasteiger partial charge in [-0.15, -0.1) is 0 Å². The standard InChI is InChI=1S/C16H26O3/c1-16(2,3)8-19-15(18)13-10-4-9-5-11(7-10)14(17)12(13)6-9/h9-14,17H,4-8H2,1-3H3. The summed E-state index contributed by atoms with van der Waals surface area (Å²) in [5.74, 6) is 1.76. The molecule has 0 saturated heterocycles. The third kappa shape index (κ3) is 2.42. The van der Waals surface area contributed by atoms with Crippen molar-refractivity contribution in [2.45, 2.75) is 52.6 Å². The molecule has 4 rings (SSSR count). The third-order valence-corrected chi connectivity index (χ3v) is 5.29. The monoisotopic (exact) mass is 266 g/mol. The van der Waals surface area contributed by atoms with Gasteiger partial charge in [0.05, 0.1) is 18.6 Å². The molecule has 0 aromatic rings. The lowest BCUT2D eigenvalue weighted by molar-refractivity contribution is -0.179. The first-order chi connectivity index (χ1) is 8.85. The Balaban J connectivity index is 1.69. The summed E-state index contributed by atoms with van der Waals surface area (Å²) in [6.07, 6.45) is 4.15. The fourth-order valence-corrected chi connectivity index (χ4v) is 4.63. The van der Waals surface area contributed by atoms with Gasteiger partial charge in [0.2, 0.25) is 0 Å². The molecule has 0 aromatic heterocycles. The Morgan fingerprint density at radius 2 is 1.84 bits per heavy atom. The third-order valence-electron chi connectivity index (χ3n) is 5.29. The highest BCUT2D eigenvalue weighted by molar-refractivity contribution is 5.73. The number of rotatable bonds is 2. The molecule has 3 heteroatoms. The van der Waals surface area contributed by atoms with Crippen LogP contribution in [-0.2, 0) is 9.53 Å². The van der Waals surface area contributed by atoms with Gasteiger partial charge in [0, 0.05) is 0 Å². The molecule has 0 aromatic carbocycles. The molecule has 0 heterocycles. The van der Waals surface area contributed by atoms with E-state index in [1.165, 1.54) is 12.8 Å². The zero-order chi connectivity index (χ0) is 13.8. The predicted octanol–water partition coefficient (Wildman–Crippen LogP) is 2.62. The van der Waals surface area contributed by atoms with Crippen molar-refractivity contribution < 1.29 is 14.6 Å². The molecule has 0 amide bonds. The molecule has 6 unspecified atom stereocenters. The van der Waals surface area contributed by atoms with Gasteiger partial charge in [-0.3, -0.25) is 4.79 Å². The highest BCUT2D eigenvalue weighted by Gasteiger charge is 2.55. The Labute approximate surface area is 115 Å². The number of carbonyl (C=O) groups excluding carboxylic acids is 1. The van der Waals surface area contributed by atoms with Gasteiger partial charge in [0.15, 0.2) is 0 Å². The first kappa shape index (κ1) is 13.4. The Morgan fingerprint density at radius 1 is 1.16 bits per heavy atom. The maximum Gasteiger partial charge on any atom is 0.309 e. The van der Waals surface area contributed by atoms with Crippen molar-refractivity contribution >= 4 is 5.97 Å². The quantitative estimate of drug-likeness (QED) is 0.782. The van der Waals surface area contributed by atoms with Gasteiger partial charge in [0.1, 0.15) is 0 Å². The van der Waals surface area contributed by atoms with E-state index in [2.05, 4.69) is 20.8 Å². The summed E-state index contributed by atoms with van der Waals surface area (Å²) < 4.78 is 5.53. The summed E-state index contributed by atoms with van der Waals surface area (Å²) in [4.78, 5) is 12.4. The second-order valence-corrected chi connectivity index (χ2v) is 8.18. The van der Waals surface area contributed by atoms with Gasteiger partial charge >= 0.3 is 5.97 Å². The van der Waals surface area contributed by atoms with Crippen LogP contribution in [0.5, 0.6) is 0 Å². The van der Waals surface area contributed by atoms with Crippen molar-refractivity contribution in [3.8, 4) is 0 Å². The van der Waals surface area contributed by atoms with Gasteiger partial charge in [-0.05, 0) is 54.8 Å². The zero-order valence-corrected chi connectivity index (χ0v) is 12.3. The molecule has 4 aliphatic rings.